The maximum Gasteiger partial charge on any atom is 0.262 e. The third-order valence-corrected chi connectivity index (χ3v) is 7.03. The third kappa shape index (κ3) is 5.85. The first-order chi connectivity index (χ1) is 18.1. The summed E-state index contributed by atoms with van der Waals surface area (Å²) >= 11 is 0. The SMILES string of the molecule is CCc1cc(OCC(=O)Nc2ccc(N3CCC(c4ccccc4)CC3)cc2)c2cc(OC)ccc2n1. The quantitative estimate of drug-likeness (QED) is 0.315. The van der Waals surface area contributed by atoms with Crippen molar-refractivity contribution < 1.29 is 14.3 Å². The van der Waals surface area contributed by atoms with Crippen LogP contribution in [-0.2, 0) is 11.2 Å². The number of carbonyl (C=O) groups is 1. The Bertz CT molecular complexity index is 1350. The molecule has 4 aromatic rings. The lowest BCUT2D eigenvalue weighted by Crippen LogP contribution is -2.32. The minimum Gasteiger partial charge on any atom is -0.497 e. The van der Waals surface area contributed by atoms with Gasteiger partial charge in [0.2, 0.25) is 0 Å². The van der Waals surface area contributed by atoms with E-state index < -0.39 is 0 Å². The van der Waals surface area contributed by atoms with Crippen LogP contribution in [0.1, 0.15) is 36.9 Å². The number of aryl methyl sites for hydroxylation is 1. The van der Waals surface area contributed by atoms with Crippen LogP contribution in [0.5, 0.6) is 11.5 Å². The molecule has 0 atom stereocenters. The largest absolute Gasteiger partial charge is 0.497 e. The summed E-state index contributed by atoms with van der Waals surface area (Å²) in [4.78, 5) is 19.7. The number of piperidine rings is 1. The van der Waals surface area contributed by atoms with E-state index in [1.165, 1.54) is 11.3 Å². The Morgan fingerprint density at radius 2 is 1.76 bits per heavy atom. The topological polar surface area (TPSA) is 63.7 Å². The second kappa shape index (κ2) is 11.3. The molecule has 1 aromatic heterocycles. The smallest absolute Gasteiger partial charge is 0.262 e. The Labute approximate surface area is 218 Å². The molecule has 5 rings (SSSR count). The van der Waals surface area contributed by atoms with Gasteiger partial charge in [0.15, 0.2) is 6.61 Å². The summed E-state index contributed by atoms with van der Waals surface area (Å²) in [5, 5.41) is 3.77. The minimum absolute atomic E-state index is 0.0891. The predicted molar refractivity (Wildman–Crippen MR) is 149 cm³/mol. The van der Waals surface area contributed by atoms with Crippen molar-refractivity contribution in [2.75, 3.05) is 37.0 Å². The molecule has 190 valence electrons. The van der Waals surface area contributed by atoms with Crippen LogP contribution in [0.3, 0.4) is 0 Å². The summed E-state index contributed by atoms with van der Waals surface area (Å²) in [5.41, 5.74) is 5.11. The molecule has 0 unspecified atom stereocenters. The zero-order chi connectivity index (χ0) is 25.6. The molecule has 0 aliphatic carbocycles. The molecule has 1 saturated heterocycles. The molecule has 1 fully saturated rings. The minimum atomic E-state index is -0.206. The second-order valence-corrected chi connectivity index (χ2v) is 9.40. The number of nitrogens with zero attached hydrogens (tertiary/aromatic N) is 2. The van der Waals surface area contributed by atoms with Crippen LogP contribution in [-0.4, -0.2) is 37.7 Å². The number of anilines is 2. The molecule has 1 N–H and O–H groups in total. The van der Waals surface area contributed by atoms with Crippen LogP contribution in [0.4, 0.5) is 11.4 Å². The van der Waals surface area contributed by atoms with E-state index in [1.54, 1.807) is 7.11 Å². The van der Waals surface area contributed by atoms with Crippen molar-refractivity contribution >= 4 is 28.2 Å². The highest BCUT2D eigenvalue weighted by Crippen LogP contribution is 2.31. The number of rotatable bonds is 8. The summed E-state index contributed by atoms with van der Waals surface area (Å²) in [6.07, 6.45) is 3.07. The van der Waals surface area contributed by atoms with Crippen LogP contribution in [0.15, 0.2) is 78.9 Å². The second-order valence-electron chi connectivity index (χ2n) is 9.40. The van der Waals surface area contributed by atoms with Gasteiger partial charge >= 0.3 is 0 Å². The van der Waals surface area contributed by atoms with Crippen molar-refractivity contribution in [1.29, 1.82) is 0 Å². The molecule has 0 bridgehead atoms. The van der Waals surface area contributed by atoms with Gasteiger partial charge in [0.05, 0.1) is 12.6 Å². The summed E-state index contributed by atoms with van der Waals surface area (Å²) < 4.78 is 11.3. The van der Waals surface area contributed by atoms with E-state index in [0.717, 1.165) is 60.4 Å². The number of aromatic nitrogens is 1. The van der Waals surface area contributed by atoms with E-state index >= 15 is 0 Å². The number of hydrogen-bond donors (Lipinski definition) is 1. The van der Waals surface area contributed by atoms with Crippen molar-refractivity contribution in [3.05, 3.63) is 90.1 Å². The summed E-state index contributed by atoms with van der Waals surface area (Å²) in [6.45, 7) is 4.02. The number of ether oxygens (including phenoxy) is 2. The predicted octanol–water partition coefficient (Wildman–Crippen LogP) is 6.21. The molecule has 1 amide bonds. The molecular weight excluding hydrogens is 462 g/mol. The van der Waals surface area contributed by atoms with Gasteiger partial charge in [-0.25, -0.2) is 0 Å². The lowest BCUT2D eigenvalue weighted by molar-refractivity contribution is -0.118. The fourth-order valence-corrected chi connectivity index (χ4v) is 4.95. The molecule has 6 heteroatoms. The normalized spacial score (nSPS) is 13.9. The lowest BCUT2D eigenvalue weighted by Gasteiger charge is -2.34. The Morgan fingerprint density at radius 3 is 2.46 bits per heavy atom. The Morgan fingerprint density at radius 1 is 1.00 bits per heavy atom. The number of pyridine rings is 1. The van der Waals surface area contributed by atoms with Gasteiger partial charge in [-0.2, -0.15) is 0 Å². The van der Waals surface area contributed by atoms with Crippen LogP contribution >= 0.6 is 0 Å². The highest BCUT2D eigenvalue weighted by Gasteiger charge is 2.20. The van der Waals surface area contributed by atoms with Gasteiger partial charge in [0.1, 0.15) is 11.5 Å². The molecule has 0 saturated carbocycles. The van der Waals surface area contributed by atoms with E-state index in [9.17, 15) is 4.79 Å². The molecule has 0 spiro atoms. The fourth-order valence-electron chi connectivity index (χ4n) is 4.95. The van der Waals surface area contributed by atoms with E-state index in [1.807, 2.05) is 43.3 Å². The number of carbonyl (C=O) groups excluding carboxylic acids is 1. The molecule has 2 heterocycles. The van der Waals surface area contributed by atoms with Crippen LogP contribution in [0.25, 0.3) is 10.9 Å². The summed E-state index contributed by atoms with van der Waals surface area (Å²) in [7, 11) is 1.63. The Balaban J connectivity index is 1.17. The number of methoxy groups -OCH3 is 1. The highest BCUT2D eigenvalue weighted by atomic mass is 16.5. The maximum absolute atomic E-state index is 12.7. The van der Waals surface area contributed by atoms with Gasteiger partial charge in [-0.15, -0.1) is 0 Å². The fraction of sp³-hybridized carbons (Fsp3) is 0.290. The van der Waals surface area contributed by atoms with Crippen molar-refractivity contribution in [2.24, 2.45) is 0 Å². The van der Waals surface area contributed by atoms with Crippen LogP contribution in [0, 0.1) is 0 Å². The van der Waals surface area contributed by atoms with Gasteiger partial charge in [-0.3, -0.25) is 9.78 Å². The lowest BCUT2D eigenvalue weighted by atomic mass is 9.89. The first-order valence-electron chi connectivity index (χ1n) is 12.9. The van der Waals surface area contributed by atoms with Gasteiger partial charge in [0, 0.05) is 41.6 Å². The van der Waals surface area contributed by atoms with Crippen molar-refractivity contribution in [1.82, 2.24) is 4.98 Å². The van der Waals surface area contributed by atoms with Gasteiger partial charge in [-0.05, 0) is 73.2 Å². The highest BCUT2D eigenvalue weighted by molar-refractivity contribution is 5.93. The van der Waals surface area contributed by atoms with E-state index in [4.69, 9.17) is 9.47 Å². The number of hydrogen-bond acceptors (Lipinski definition) is 5. The van der Waals surface area contributed by atoms with E-state index in [-0.39, 0.29) is 12.5 Å². The monoisotopic (exact) mass is 495 g/mol. The standard InChI is InChI=1S/C31H33N3O3/c1-3-24-19-30(28-20-27(36-2)13-14-29(28)32-24)37-21-31(35)33-25-9-11-26(12-10-25)34-17-15-23(16-18-34)22-7-5-4-6-8-22/h4-14,19-20,23H,3,15-18,21H2,1-2H3,(H,33,35). The van der Waals surface area contributed by atoms with Crippen LogP contribution in [0.2, 0.25) is 0 Å². The molecule has 3 aromatic carbocycles. The molecule has 1 aliphatic heterocycles. The molecule has 6 nitrogen and oxygen atoms in total. The average molecular weight is 496 g/mol. The number of amides is 1. The first kappa shape index (κ1) is 24.6. The van der Waals surface area contributed by atoms with Crippen molar-refractivity contribution in [2.45, 2.75) is 32.1 Å². The average Bonchev–Trinajstić information content (AvgIpc) is 2.96. The molecule has 0 radical (unpaired) electrons. The van der Waals surface area contributed by atoms with Gasteiger partial charge in [-0.1, -0.05) is 37.3 Å². The molecule has 37 heavy (non-hydrogen) atoms. The zero-order valence-corrected chi connectivity index (χ0v) is 21.4. The number of benzene rings is 3. The summed E-state index contributed by atoms with van der Waals surface area (Å²) in [5.74, 6) is 1.77. The number of fused-ring (bicyclic) bond motifs is 1. The van der Waals surface area contributed by atoms with Gasteiger partial charge in [0.25, 0.3) is 5.91 Å². The number of nitrogens with one attached hydrogen (secondary N) is 1. The molecule has 1 aliphatic rings. The first-order valence-corrected chi connectivity index (χ1v) is 12.9. The Kier molecular flexibility index (Phi) is 7.54. The van der Waals surface area contributed by atoms with E-state index in [0.29, 0.717) is 11.7 Å². The maximum atomic E-state index is 12.7. The summed E-state index contributed by atoms with van der Waals surface area (Å²) in [6, 6.07) is 26.4. The van der Waals surface area contributed by atoms with Gasteiger partial charge < -0.3 is 19.7 Å². The zero-order valence-electron chi connectivity index (χ0n) is 21.4. The van der Waals surface area contributed by atoms with E-state index in [2.05, 4.69) is 57.7 Å². The van der Waals surface area contributed by atoms with Crippen molar-refractivity contribution in [3.63, 3.8) is 0 Å². The Hall–Kier alpha value is -4.06. The molecular formula is C31H33N3O3. The third-order valence-electron chi connectivity index (χ3n) is 7.03. The van der Waals surface area contributed by atoms with Crippen LogP contribution < -0.4 is 19.7 Å². The van der Waals surface area contributed by atoms with Crippen molar-refractivity contribution in [3.8, 4) is 11.5 Å².